The second-order valence-electron chi connectivity index (χ2n) is 3.97. The fraction of sp³-hybridized carbons (Fsp3) is 0.0769. The minimum absolute atomic E-state index is 0.00805. The van der Waals surface area contributed by atoms with Crippen molar-refractivity contribution in [2.75, 3.05) is 0 Å². The van der Waals surface area contributed by atoms with Crippen LogP contribution < -0.4 is 10.1 Å². The van der Waals surface area contributed by atoms with E-state index in [4.69, 9.17) is 0 Å². The maximum atomic E-state index is 11.7. The molecule has 0 spiro atoms. The normalized spacial score (nSPS) is 10.9. The fourth-order valence-corrected chi connectivity index (χ4v) is 2.76. The summed E-state index contributed by atoms with van der Waals surface area (Å²) in [7, 11) is 0. The number of nitrogens with zero attached hydrogens (tertiary/aromatic N) is 2. The lowest BCUT2D eigenvalue weighted by Crippen LogP contribution is -2.38. The van der Waals surface area contributed by atoms with Gasteiger partial charge in [0.25, 0.3) is 5.88 Å². The molecule has 0 aliphatic rings. The summed E-state index contributed by atoms with van der Waals surface area (Å²) in [5.41, 5.74) is 0.861. The molecule has 0 fully saturated rings. The summed E-state index contributed by atoms with van der Waals surface area (Å²) in [5, 5.41) is 11.8. The summed E-state index contributed by atoms with van der Waals surface area (Å²) in [6.45, 7) is 0.539. The molecular formula is C13H11N2O2S+. The molecule has 0 unspecified atom stereocenters. The van der Waals surface area contributed by atoms with Crippen molar-refractivity contribution in [1.82, 2.24) is 4.40 Å². The maximum absolute atomic E-state index is 11.7. The van der Waals surface area contributed by atoms with E-state index in [1.54, 1.807) is 10.8 Å². The van der Waals surface area contributed by atoms with Gasteiger partial charge >= 0.3 is 10.5 Å². The SMILES string of the molecule is O=c1cc(O)[n+](Cc2ccccc2)c2sccn12. The van der Waals surface area contributed by atoms with Crippen LogP contribution in [0.5, 0.6) is 5.88 Å². The summed E-state index contributed by atoms with van der Waals surface area (Å²) in [4.78, 5) is 12.4. The van der Waals surface area contributed by atoms with Gasteiger partial charge in [0.05, 0.1) is 0 Å². The molecule has 1 aromatic carbocycles. The third-order valence-corrected chi connectivity index (χ3v) is 3.66. The Kier molecular flexibility index (Phi) is 2.60. The largest absolute Gasteiger partial charge is 0.478 e. The summed E-state index contributed by atoms with van der Waals surface area (Å²) in [6, 6.07) is 11.1. The van der Waals surface area contributed by atoms with Gasteiger partial charge in [0.1, 0.15) is 18.8 Å². The maximum Gasteiger partial charge on any atom is 0.351 e. The number of aromatic nitrogens is 2. The Morgan fingerprint density at radius 2 is 2.06 bits per heavy atom. The van der Waals surface area contributed by atoms with E-state index < -0.39 is 0 Å². The first-order chi connectivity index (χ1) is 8.75. The van der Waals surface area contributed by atoms with E-state index in [1.807, 2.05) is 35.7 Å². The molecule has 0 saturated carbocycles. The highest BCUT2D eigenvalue weighted by Crippen LogP contribution is 2.10. The molecule has 90 valence electrons. The van der Waals surface area contributed by atoms with Crippen LogP contribution in [0.2, 0.25) is 0 Å². The number of aromatic hydroxyl groups is 1. The molecule has 1 N–H and O–H groups in total. The van der Waals surface area contributed by atoms with Gasteiger partial charge < -0.3 is 5.11 Å². The van der Waals surface area contributed by atoms with Crippen molar-refractivity contribution in [2.24, 2.45) is 0 Å². The molecule has 2 aromatic heterocycles. The first kappa shape index (κ1) is 11.0. The third kappa shape index (κ3) is 1.78. The van der Waals surface area contributed by atoms with Crippen LogP contribution in [0.1, 0.15) is 5.56 Å². The summed E-state index contributed by atoms with van der Waals surface area (Å²) in [6.07, 6.45) is 1.71. The van der Waals surface area contributed by atoms with E-state index >= 15 is 0 Å². The smallest absolute Gasteiger partial charge is 0.351 e. The van der Waals surface area contributed by atoms with Gasteiger partial charge in [0, 0.05) is 5.38 Å². The number of rotatable bonds is 2. The van der Waals surface area contributed by atoms with E-state index in [-0.39, 0.29) is 11.4 Å². The standard InChI is InChI=1S/C13H10N2O2S/c16-11-8-12(17)15(13-14(11)6-7-18-13)9-10-4-2-1-3-5-10/h1-8H,9H2/p+1. The van der Waals surface area contributed by atoms with Crippen molar-refractivity contribution < 1.29 is 9.67 Å². The van der Waals surface area contributed by atoms with E-state index in [2.05, 4.69) is 0 Å². The van der Waals surface area contributed by atoms with Gasteiger partial charge in [-0.1, -0.05) is 41.7 Å². The van der Waals surface area contributed by atoms with Gasteiger partial charge in [-0.25, -0.2) is 4.79 Å². The Labute approximate surface area is 107 Å². The van der Waals surface area contributed by atoms with Gasteiger partial charge in [-0.2, -0.15) is 8.97 Å². The number of fused-ring (bicyclic) bond motifs is 1. The van der Waals surface area contributed by atoms with E-state index in [9.17, 15) is 9.90 Å². The topological polar surface area (TPSA) is 45.6 Å². The highest BCUT2D eigenvalue weighted by atomic mass is 32.1. The highest BCUT2D eigenvalue weighted by Gasteiger charge is 2.17. The van der Waals surface area contributed by atoms with Gasteiger partial charge in [-0.15, -0.1) is 0 Å². The van der Waals surface area contributed by atoms with E-state index in [1.165, 1.54) is 21.8 Å². The van der Waals surface area contributed by atoms with Gasteiger partial charge in [0.2, 0.25) is 0 Å². The molecule has 0 saturated heterocycles. The van der Waals surface area contributed by atoms with Gasteiger partial charge in [-0.3, -0.25) is 0 Å². The van der Waals surface area contributed by atoms with Crippen LogP contribution >= 0.6 is 11.3 Å². The zero-order valence-corrected chi connectivity index (χ0v) is 10.3. The summed E-state index contributed by atoms with van der Waals surface area (Å²) in [5.74, 6) is -0.00805. The lowest BCUT2D eigenvalue weighted by molar-refractivity contribution is -0.670. The Bertz CT molecular complexity index is 747. The predicted molar refractivity (Wildman–Crippen MR) is 68.9 cm³/mol. The van der Waals surface area contributed by atoms with Crippen LogP contribution in [0.15, 0.2) is 52.8 Å². The zero-order chi connectivity index (χ0) is 12.5. The van der Waals surface area contributed by atoms with E-state index in [0.717, 1.165) is 10.5 Å². The number of benzene rings is 1. The number of hydrogen-bond acceptors (Lipinski definition) is 3. The second kappa shape index (κ2) is 4.27. The average Bonchev–Trinajstić information content (AvgIpc) is 2.85. The van der Waals surface area contributed by atoms with Crippen molar-refractivity contribution in [1.29, 1.82) is 0 Å². The molecule has 3 rings (SSSR count). The first-order valence-electron chi connectivity index (χ1n) is 5.51. The van der Waals surface area contributed by atoms with Crippen molar-refractivity contribution in [3.05, 3.63) is 63.9 Å². The number of hydrogen-bond donors (Lipinski definition) is 1. The quantitative estimate of drug-likeness (QED) is 0.707. The highest BCUT2D eigenvalue weighted by molar-refractivity contribution is 7.14. The Hall–Kier alpha value is -2.14. The third-order valence-electron chi connectivity index (χ3n) is 2.77. The van der Waals surface area contributed by atoms with Crippen molar-refractivity contribution in [3.63, 3.8) is 0 Å². The molecule has 0 radical (unpaired) electrons. The molecule has 5 heteroatoms. The molecular weight excluding hydrogens is 248 g/mol. The second-order valence-corrected chi connectivity index (χ2v) is 4.84. The van der Waals surface area contributed by atoms with Crippen molar-refractivity contribution >= 4 is 16.3 Å². The zero-order valence-electron chi connectivity index (χ0n) is 9.48. The predicted octanol–water partition coefficient (Wildman–Crippen LogP) is 1.40. The molecule has 18 heavy (non-hydrogen) atoms. The van der Waals surface area contributed by atoms with Crippen molar-refractivity contribution in [3.8, 4) is 5.88 Å². The van der Waals surface area contributed by atoms with Crippen LogP contribution in [0.4, 0.5) is 0 Å². The van der Waals surface area contributed by atoms with Crippen molar-refractivity contribution in [2.45, 2.75) is 6.54 Å². The summed E-state index contributed by atoms with van der Waals surface area (Å²) < 4.78 is 3.26. The Morgan fingerprint density at radius 1 is 1.28 bits per heavy atom. The molecule has 3 aromatic rings. The molecule has 0 amide bonds. The Morgan fingerprint density at radius 3 is 2.83 bits per heavy atom. The van der Waals surface area contributed by atoms with Gasteiger partial charge in [0.15, 0.2) is 0 Å². The van der Waals surface area contributed by atoms with Crippen LogP contribution in [0, 0.1) is 0 Å². The summed E-state index contributed by atoms with van der Waals surface area (Å²) >= 11 is 1.43. The number of thiazole rings is 1. The average molecular weight is 259 g/mol. The molecule has 0 bridgehead atoms. The molecule has 0 aliphatic heterocycles. The first-order valence-corrected chi connectivity index (χ1v) is 6.39. The molecule has 0 atom stereocenters. The Balaban J connectivity index is 2.17. The molecule has 4 nitrogen and oxygen atoms in total. The lowest BCUT2D eigenvalue weighted by atomic mass is 10.2. The van der Waals surface area contributed by atoms with Crippen LogP contribution in [0.3, 0.4) is 0 Å². The van der Waals surface area contributed by atoms with Crippen LogP contribution in [0.25, 0.3) is 4.96 Å². The van der Waals surface area contributed by atoms with Crippen LogP contribution in [-0.2, 0) is 6.54 Å². The fourth-order valence-electron chi connectivity index (χ4n) is 1.90. The monoisotopic (exact) mass is 259 g/mol. The molecule has 2 heterocycles. The lowest BCUT2D eigenvalue weighted by Gasteiger charge is -2.03. The van der Waals surface area contributed by atoms with Crippen LogP contribution in [-0.4, -0.2) is 9.51 Å². The minimum atomic E-state index is -0.215. The van der Waals surface area contributed by atoms with Gasteiger partial charge in [-0.05, 0) is 5.56 Å². The molecule has 0 aliphatic carbocycles. The minimum Gasteiger partial charge on any atom is -0.478 e. The van der Waals surface area contributed by atoms with E-state index in [0.29, 0.717) is 6.54 Å².